The average molecular weight is 442 g/mol. The highest BCUT2D eigenvalue weighted by molar-refractivity contribution is 7.79. The van der Waals surface area contributed by atoms with Crippen LogP contribution in [0.3, 0.4) is 0 Å². The quantitative estimate of drug-likeness (QED) is 0.262. The van der Waals surface area contributed by atoms with Crippen LogP contribution in [0.25, 0.3) is 0 Å². The van der Waals surface area contributed by atoms with Crippen molar-refractivity contribution in [2.75, 3.05) is 0 Å². The number of hydroxylamine groups is 2. The monoisotopic (exact) mass is 441 g/mol. The Balaban J connectivity index is 1.76. The molecule has 0 radical (unpaired) electrons. The van der Waals surface area contributed by atoms with E-state index >= 15 is 0 Å². The minimum atomic E-state index is -3.19. The van der Waals surface area contributed by atoms with Gasteiger partial charge in [-0.2, -0.15) is 5.06 Å². The van der Waals surface area contributed by atoms with Crippen LogP contribution in [-0.2, 0) is 17.5 Å². The van der Waals surface area contributed by atoms with Gasteiger partial charge in [0.15, 0.2) is 7.14 Å². The highest BCUT2D eigenvalue weighted by atomic mass is 31.2. The van der Waals surface area contributed by atoms with Crippen molar-refractivity contribution in [2.45, 2.75) is 25.2 Å². The van der Waals surface area contributed by atoms with Crippen molar-refractivity contribution >= 4 is 17.8 Å². The van der Waals surface area contributed by atoms with Crippen molar-refractivity contribution in [3.63, 3.8) is 0 Å². The van der Waals surface area contributed by atoms with Gasteiger partial charge in [-0.3, -0.25) is 0 Å². The van der Waals surface area contributed by atoms with Gasteiger partial charge in [0.2, 0.25) is 0 Å². The van der Waals surface area contributed by atoms with Gasteiger partial charge in [0, 0.05) is 17.2 Å². The first-order valence-electron chi connectivity index (χ1n) is 10.9. The maximum absolute atomic E-state index is 15.0. The van der Waals surface area contributed by atoms with E-state index in [-0.39, 0.29) is 0 Å². The summed E-state index contributed by atoms with van der Waals surface area (Å²) in [5.41, 5.74) is 2.14. The Bertz CT molecular complexity index is 1090. The van der Waals surface area contributed by atoms with Crippen LogP contribution < -0.4 is 10.6 Å². The zero-order chi connectivity index (χ0) is 22.2. The fourth-order valence-corrected chi connectivity index (χ4v) is 7.29. The van der Waals surface area contributed by atoms with Crippen molar-refractivity contribution in [3.8, 4) is 0 Å². The zero-order valence-corrected chi connectivity index (χ0v) is 18.9. The number of aryl methyl sites for hydroxylation is 1. The molecular formula is C28H28NO2P. The van der Waals surface area contributed by atoms with Crippen LogP contribution in [0.15, 0.2) is 121 Å². The predicted octanol–water partition coefficient (Wildman–Crippen LogP) is 5.85. The first kappa shape index (κ1) is 22.2. The molecule has 1 N–H and O–H groups in total. The van der Waals surface area contributed by atoms with Crippen molar-refractivity contribution in [1.29, 1.82) is 0 Å². The van der Waals surface area contributed by atoms with Crippen LogP contribution in [0.5, 0.6) is 0 Å². The maximum atomic E-state index is 15.0. The summed E-state index contributed by atoms with van der Waals surface area (Å²) in [6, 6.07) is 39.2. The summed E-state index contributed by atoms with van der Waals surface area (Å²) >= 11 is 0. The lowest BCUT2D eigenvalue weighted by Crippen LogP contribution is -2.38. The van der Waals surface area contributed by atoms with Gasteiger partial charge < -0.3 is 9.77 Å². The molecule has 0 bridgehead atoms. The first-order valence-corrected chi connectivity index (χ1v) is 12.7. The van der Waals surface area contributed by atoms with E-state index in [1.807, 2.05) is 109 Å². The van der Waals surface area contributed by atoms with E-state index in [0.717, 1.165) is 22.6 Å². The second-order valence-corrected chi connectivity index (χ2v) is 10.9. The molecule has 4 aromatic carbocycles. The Hall–Kier alpha value is -2.97. The third kappa shape index (κ3) is 5.08. The summed E-state index contributed by atoms with van der Waals surface area (Å²) in [5, 5.41) is 14.2. The number of rotatable bonds is 9. The molecule has 4 aromatic rings. The van der Waals surface area contributed by atoms with Gasteiger partial charge in [-0.1, -0.05) is 121 Å². The lowest BCUT2D eigenvalue weighted by Gasteiger charge is -2.34. The topological polar surface area (TPSA) is 40.5 Å². The molecule has 0 spiro atoms. The smallest absolute Gasteiger partial charge is 0.161 e. The van der Waals surface area contributed by atoms with E-state index in [0.29, 0.717) is 13.0 Å². The Morgan fingerprint density at radius 1 is 0.625 bits per heavy atom. The van der Waals surface area contributed by atoms with E-state index < -0.39 is 12.9 Å². The minimum Gasteiger partial charge on any atom is -0.313 e. The molecule has 4 heteroatoms. The molecule has 4 rings (SSSR count). The summed E-state index contributed by atoms with van der Waals surface area (Å²) in [6.45, 7) is 0.309. The SMILES string of the molecule is O=P(c1ccccc1)(c1ccccc1)C(CCc1ccccc1)N(O)Cc1ccccc1. The van der Waals surface area contributed by atoms with E-state index in [1.165, 1.54) is 10.6 Å². The highest BCUT2D eigenvalue weighted by Crippen LogP contribution is 2.51. The highest BCUT2D eigenvalue weighted by Gasteiger charge is 2.40. The van der Waals surface area contributed by atoms with Crippen LogP contribution in [0, 0.1) is 0 Å². The second kappa shape index (κ2) is 10.6. The molecule has 32 heavy (non-hydrogen) atoms. The van der Waals surface area contributed by atoms with Gasteiger partial charge in [-0.05, 0) is 24.0 Å². The lowest BCUT2D eigenvalue weighted by atomic mass is 10.1. The summed E-state index contributed by atoms with van der Waals surface area (Å²) in [6.07, 6.45) is 1.29. The van der Waals surface area contributed by atoms with Gasteiger partial charge >= 0.3 is 0 Å². The zero-order valence-electron chi connectivity index (χ0n) is 18.0. The third-order valence-electron chi connectivity index (χ3n) is 5.76. The van der Waals surface area contributed by atoms with Crippen LogP contribution in [0.2, 0.25) is 0 Å². The van der Waals surface area contributed by atoms with Crippen LogP contribution in [0.4, 0.5) is 0 Å². The van der Waals surface area contributed by atoms with Gasteiger partial charge in [0.1, 0.15) is 0 Å². The number of nitrogens with zero attached hydrogens (tertiary/aromatic N) is 1. The molecule has 0 aromatic heterocycles. The molecule has 162 valence electrons. The molecule has 0 amide bonds. The summed E-state index contributed by atoms with van der Waals surface area (Å²) in [5.74, 6) is -0.562. The molecule has 3 nitrogen and oxygen atoms in total. The van der Waals surface area contributed by atoms with Crippen molar-refractivity contribution in [1.82, 2.24) is 5.06 Å². The minimum absolute atomic E-state index is 0.309. The Labute approximate surface area is 190 Å². The van der Waals surface area contributed by atoms with Crippen LogP contribution >= 0.6 is 7.14 Å². The molecule has 0 aliphatic rings. The number of hydrogen-bond acceptors (Lipinski definition) is 3. The normalized spacial score (nSPS) is 12.6. The van der Waals surface area contributed by atoms with Crippen LogP contribution in [-0.4, -0.2) is 16.1 Å². The average Bonchev–Trinajstić information content (AvgIpc) is 2.86. The maximum Gasteiger partial charge on any atom is 0.161 e. The Morgan fingerprint density at radius 2 is 1.03 bits per heavy atom. The van der Waals surface area contributed by atoms with Crippen molar-refractivity contribution < 1.29 is 9.77 Å². The fraction of sp³-hybridized carbons (Fsp3) is 0.143. The van der Waals surface area contributed by atoms with Gasteiger partial charge in [0.25, 0.3) is 0 Å². The van der Waals surface area contributed by atoms with Gasteiger partial charge in [0.05, 0.1) is 5.78 Å². The predicted molar refractivity (Wildman–Crippen MR) is 132 cm³/mol. The summed E-state index contributed by atoms with van der Waals surface area (Å²) in [7, 11) is -3.19. The molecular weight excluding hydrogens is 413 g/mol. The molecule has 0 saturated carbocycles. The molecule has 0 aliphatic carbocycles. The standard InChI is InChI=1S/C28H28NO2P/c30-29(23-25-15-7-2-8-16-25)28(22-21-24-13-5-1-6-14-24)32(31,26-17-9-3-10-18-26)27-19-11-4-12-20-27/h1-20,28,30H,21-23H2. The summed E-state index contributed by atoms with van der Waals surface area (Å²) in [4.78, 5) is 0. The molecule has 1 unspecified atom stereocenters. The van der Waals surface area contributed by atoms with E-state index in [4.69, 9.17) is 0 Å². The van der Waals surface area contributed by atoms with E-state index in [1.54, 1.807) is 0 Å². The van der Waals surface area contributed by atoms with Crippen LogP contribution in [0.1, 0.15) is 17.5 Å². The Kier molecular flexibility index (Phi) is 7.34. The number of hydrogen-bond donors (Lipinski definition) is 1. The van der Waals surface area contributed by atoms with E-state index in [2.05, 4.69) is 12.1 Å². The molecule has 0 fully saturated rings. The van der Waals surface area contributed by atoms with Gasteiger partial charge in [-0.25, -0.2) is 0 Å². The molecule has 1 atom stereocenters. The van der Waals surface area contributed by atoms with E-state index in [9.17, 15) is 9.77 Å². The fourth-order valence-electron chi connectivity index (χ4n) is 4.13. The third-order valence-corrected chi connectivity index (χ3v) is 9.26. The lowest BCUT2D eigenvalue weighted by molar-refractivity contribution is -0.114. The summed E-state index contributed by atoms with van der Waals surface area (Å²) < 4.78 is 15.0. The Morgan fingerprint density at radius 3 is 1.50 bits per heavy atom. The largest absolute Gasteiger partial charge is 0.313 e. The van der Waals surface area contributed by atoms with Crippen molar-refractivity contribution in [2.24, 2.45) is 0 Å². The number of benzene rings is 4. The molecule has 0 aliphatic heterocycles. The molecule has 0 saturated heterocycles. The van der Waals surface area contributed by atoms with Crippen molar-refractivity contribution in [3.05, 3.63) is 132 Å². The first-order chi connectivity index (χ1) is 15.7. The second-order valence-electron chi connectivity index (χ2n) is 7.92. The molecule has 0 heterocycles. The van der Waals surface area contributed by atoms with Gasteiger partial charge in [-0.15, -0.1) is 0 Å².